The van der Waals surface area contributed by atoms with E-state index < -0.39 is 40.3 Å². The molecule has 0 bridgehead atoms. The molecular formula is C35H39F3N6O3. The first-order chi connectivity index (χ1) is 22.0. The standard InChI is InChI=1S/C35H39F3N6O3/c1-32(2,3)47-31(46)44(33(4)11-7-12-33)19-23-14-26-27(28(15-23)35(36,37)38)20-43(29(26)45)25-9-6-8-24(16-25)34(17-22(18-34)10-13-39)30-41-40-21-42(30)5/h6,8-9,14-16,21-22H,7,10-12,17-20H2,1-5H3. The summed E-state index contributed by atoms with van der Waals surface area (Å²) in [4.78, 5) is 30.1. The molecule has 2 aliphatic carbocycles. The molecule has 2 amide bonds. The maximum Gasteiger partial charge on any atom is 0.416 e. The van der Waals surface area contributed by atoms with E-state index in [-0.39, 0.29) is 35.7 Å². The smallest absolute Gasteiger partial charge is 0.416 e. The molecule has 12 heteroatoms. The van der Waals surface area contributed by atoms with Crippen molar-refractivity contribution in [3.8, 4) is 6.07 Å². The number of amides is 2. The number of alkyl halides is 3. The molecule has 2 saturated carbocycles. The molecule has 248 valence electrons. The highest BCUT2D eigenvalue weighted by Gasteiger charge is 2.50. The van der Waals surface area contributed by atoms with Gasteiger partial charge in [-0.05, 0) is 107 Å². The fraction of sp³-hybridized carbons (Fsp3) is 0.514. The summed E-state index contributed by atoms with van der Waals surface area (Å²) in [6.07, 6.45) is 0.362. The molecule has 1 aliphatic heterocycles. The van der Waals surface area contributed by atoms with E-state index in [9.17, 15) is 28.0 Å². The van der Waals surface area contributed by atoms with Crippen molar-refractivity contribution in [1.29, 1.82) is 5.26 Å². The molecule has 2 fully saturated rings. The number of aromatic nitrogens is 3. The zero-order valence-corrected chi connectivity index (χ0v) is 27.3. The summed E-state index contributed by atoms with van der Waals surface area (Å²) >= 11 is 0. The van der Waals surface area contributed by atoms with Crippen molar-refractivity contribution in [3.05, 3.63) is 76.4 Å². The van der Waals surface area contributed by atoms with Crippen LogP contribution in [0, 0.1) is 17.2 Å². The minimum Gasteiger partial charge on any atom is -0.444 e. The van der Waals surface area contributed by atoms with Crippen molar-refractivity contribution in [2.75, 3.05) is 4.90 Å². The van der Waals surface area contributed by atoms with Gasteiger partial charge in [0.05, 0.1) is 23.6 Å². The minimum absolute atomic E-state index is 0.0242. The summed E-state index contributed by atoms with van der Waals surface area (Å²) in [5.41, 5.74) is -1.30. The molecule has 2 heterocycles. The quantitative estimate of drug-likeness (QED) is 0.267. The van der Waals surface area contributed by atoms with Gasteiger partial charge in [0, 0.05) is 36.8 Å². The fourth-order valence-corrected chi connectivity index (χ4v) is 7.39. The molecule has 6 rings (SSSR count). The molecule has 3 aromatic rings. The van der Waals surface area contributed by atoms with Crippen LogP contribution in [0.2, 0.25) is 0 Å². The Morgan fingerprint density at radius 3 is 2.47 bits per heavy atom. The Morgan fingerprint density at radius 1 is 1.17 bits per heavy atom. The van der Waals surface area contributed by atoms with Gasteiger partial charge in [-0.25, -0.2) is 4.79 Å². The van der Waals surface area contributed by atoms with Crippen LogP contribution in [0.3, 0.4) is 0 Å². The number of fused-ring (bicyclic) bond motifs is 1. The summed E-state index contributed by atoms with van der Waals surface area (Å²) < 4.78 is 51.3. The van der Waals surface area contributed by atoms with E-state index >= 15 is 0 Å². The number of carbonyl (C=O) groups excluding carboxylic acids is 2. The van der Waals surface area contributed by atoms with Gasteiger partial charge in [-0.2, -0.15) is 18.4 Å². The fourth-order valence-electron chi connectivity index (χ4n) is 7.39. The van der Waals surface area contributed by atoms with Gasteiger partial charge >= 0.3 is 12.3 Å². The SMILES string of the molecule is Cn1cnnc1C1(c2cccc(N3Cc4c(cc(CN(C(=O)OC(C)(C)C)C5(C)CCC5)cc4C(F)(F)F)C3=O)c2)CC(CC#N)C1. The van der Waals surface area contributed by atoms with Gasteiger partial charge in [-0.15, -0.1) is 10.2 Å². The molecule has 3 aliphatic rings. The third-order valence-electron chi connectivity index (χ3n) is 9.95. The highest BCUT2D eigenvalue weighted by Crippen LogP contribution is 2.53. The second-order valence-electron chi connectivity index (χ2n) is 14.5. The highest BCUT2D eigenvalue weighted by molar-refractivity contribution is 6.10. The molecule has 0 atom stereocenters. The third-order valence-corrected chi connectivity index (χ3v) is 9.95. The maximum absolute atomic E-state index is 14.6. The second-order valence-corrected chi connectivity index (χ2v) is 14.5. The molecule has 0 radical (unpaired) electrons. The predicted molar refractivity (Wildman–Crippen MR) is 167 cm³/mol. The van der Waals surface area contributed by atoms with Gasteiger partial charge < -0.3 is 14.2 Å². The number of anilines is 1. The van der Waals surface area contributed by atoms with Crippen LogP contribution in [0.4, 0.5) is 23.7 Å². The van der Waals surface area contributed by atoms with Crippen molar-refractivity contribution in [1.82, 2.24) is 19.7 Å². The number of nitriles is 1. The second kappa shape index (κ2) is 11.4. The van der Waals surface area contributed by atoms with Crippen molar-refractivity contribution in [3.63, 3.8) is 0 Å². The first-order valence-electron chi connectivity index (χ1n) is 15.9. The lowest BCUT2D eigenvalue weighted by atomic mass is 9.57. The summed E-state index contributed by atoms with van der Waals surface area (Å²) in [7, 11) is 1.85. The number of carbonyl (C=O) groups is 2. The number of ether oxygens (including phenoxy) is 1. The Morgan fingerprint density at radius 2 is 1.89 bits per heavy atom. The first-order valence-corrected chi connectivity index (χ1v) is 15.9. The summed E-state index contributed by atoms with van der Waals surface area (Å²) in [6, 6.07) is 12.1. The van der Waals surface area contributed by atoms with Crippen molar-refractivity contribution < 1.29 is 27.5 Å². The van der Waals surface area contributed by atoms with Crippen LogP contribution in [0.15, 0.2) is 42.7 Å². The Labute approximate surface area is 272 Å². The predicted octanol–water partition coefficient (Wildman–Crippen LogP) is 7.28. The average Bonchev–Trinajstić information content (AvgIpc) is 3.53. The molecule has 1 aromatic heterocycles. The van der Waals surface area contributed by atoms with Crippen LogP contribution >= 0.6 is 0 Å². The molecule has 9 nitrogen and oxygen atoms in total. The lowest BCUT2D eigenvalue weighted by molar-refractivity contribution is -0.138. The largest absolute Gasteiger partial charge is 0.444 e. The van der Waals surface area contributed by atoms with E-state index in [1.807, 2.05) is 30.7 Å². The molecule has 0 saturated heterocycles. The van der Waals surface area contributed by atoms with Crippen molar-refractivity contribution in [2.45, 2.75) is 102 Å². The van der Waals surface area contributed by atoms with Crippen LogP contribution in [0.1, 0.15) is 105 Å². The Hall–Kier alpha value is -4.40. The summed E-state index contributed by atoms with van der Waals surface area (Å²) in [5.74, 6) is 0.374. The Bertz CT molecular complexity index is 1760. The number of benzene rings is 2. The van der Waals surface area contributed by atoms with Gasteiger partial charge in [0.15, 0.2) is 0 Å². The molecule has 0 spiro atoms. The van der Waals surface area contributed by atoms with Gasteiger partial charge in [-0.3, -0.25) is 9.69 Å². The average molecular weight is 649 g/mol. The van der Waals surface area contributed by atoms with E-state index in [0.29, 0.717) is 37.8 Å². The number of nitrogens with zero attached hydrogens (tertiary/aromatic N) is 6. The van der Waals surface area contributed by atoms with Gasteiger partial charge in [0.1, 0.15) is 17.8 Å². The molecule has 0 unspecified atom stereocenters. The number of aryl methyl sites for hydroxylation is 1. The summed E-state index contributed by atoms with van der Waals surface area (Å²) in [6.45, 7) is 6.79. The minimum atomic E-state index is -4.72. The number of hydrogen-bond donors (Lipinski definition) is 0. The zero-order chi connectivity index (χ0) is 33.9. The Balaban J connectivity index is 1.35. The van der Waals surface area contributed by atoms with Crippen molar-refractivity contribution in [2.24, 2.45) is 13.0 Å². The molecular weight excluding hydrogens is 609 g/mol. The molecule has 47 heavy (non-hydrogen) atoms. The van der Waals surface area contributed by atoms with Gasteiger partial charge in [0.25, 0.3) is 5.91 Å². The number of rotatable bonds is 7. The van der Waals surface area contributed by atoms with E-state index in [1.54, 1.807) is 39.2 Å². The van der Waals surface area contributed by atoms with Gasteiger partial charge in [-0.1, -0.05) is 12.1 Å². The van der Waals surface area contributed by atoms with Crippen LogP contribution in [-0.2, 0) is 36.5 Å². The number of halogens is 3. The zero-order valence-electron chi connectivity index (χ0n) is 27.3. The first kappa shape index (κ1) is 32.5. The maximum atomic E-state index is 14.6. The van der Waals surface area contributed by atoms with E-state index in [0.717, 1.165) is 23.9 Å². The van der Waals surface area contributed by atoms with E-state index in [1.165, 1.54) is 15.9 Å². The van der Waals surface area contributed by atoms with Crippen LogP contribution in [0.5, 0.6) is 0 Å². The topological polar surface area (TPSA) is 104 Å². The molecule has 0 N–H and O–H groups in total. The van der Waals surface area contributed by atoms with Gasteiger partial charge in [0.2, 0.25) is 0 Å². The lowest BCUT2D eigenvalue weighted by Gasteiger charge is -2.47. The van der Waals surface area contributed by atoms with Crippen molar-refractivity contribution >= 4 is 17.7 Å². The Kier molecular flexibility index (Phi) is 7.88. The molecule has 2 aromatic carbocycles. The normalized spacial score (nSPS) is 21.8. The highest BCUT2D eigenvalue weighted by atomic mass is 19.4. The van der Waals surface area contributed by atoms with Crippen LogP contribution < -0.4 is 4.90 Å². The number of hydrogen-bond acceptors (Lipinski definition) is 6. The van der Waals surface area contributed by atoms with Crippen LogP contribution in [-0.4, -0.2) is 42.8 Å². The van der Waals surface area contributed by atoms with E-state index in [2.05, 4.69) is 16.3 Å². The monoisotopic (exact) mass is 648 g/mol. The van der Waals surface area contributed by atoms with Crippen LogP contribution in [0.25, 0.3) is 0 Å². The lowest BCUT2D eigenvalue weighted by Crippen LogP contribution is -2.54. The third kappa shape index (κ3) is 5.85. The summed E-state index contributed by atoms with van der Waals surface area (Å²) in [5, 5.41) is 17.7. The van der Waals surface area contributed by atoms with E-state index in [4.69, 9.17) is 4.74 Å².